The summed E-state index contributed by atoms with van der Waals surface area (Å²) in [4.78, 5) is 8.47. The number of nitrogens with zero attached hydrogens (tertiary/aromatic N) is 3. The Kier molecular flexibility index (Phi) is 1.97. The molecule has 17 heavy (non-hydrogen) atoms. The second-order valence-corrected chi connectivity index (χ2v) is 5.63. The highest BCUT2D eigenvalue weighted by Crippen LogP contribution is 2.38. The maximum atomic E-state index is 12.2. The zero-order valence-electron chi connectivity index (χ0n) is 9.03. The largest absolute Gasteiger partial charge is 0.267 e. The molecule has 2 aromatic heterocycles. The molecule has 1 aliphatic rings. The minimum absolute atomic E-state index is 0.225. The van der Waals surface area contributed by atoms with Crippen LogP contribution in [0.1, 0.15) is 0 Å². The number of hydrogen-bond donors (Lipinski definition) is 0. The molecule has 0 amide bonds. The fourth-order valence-electron chi connectivity index (χ4n) is 1.90. The highest BCUT2D eigenvalue weighted by atomic mass is 32.2. The van der Waals surface area contributed by atoms with Gasteiger partial charge < -0.3 is 0 Å². The topological polar surface area (TPSA) is 63.2 Å². The first kappa shape index (κ1) is 10.2. The lowest BCUT2D eigenvalue weighted by Crippen LogP contribution is -2.31. The van der Waals surface area contributed by atoms with Crippen molar-refractivity contribution in [1.82, 2.24) is 9.97 Å². The molecule has 0 aliphatic carbocycles. The molecule has 86 valence electrons. The molecule has 2 aromatic rings. The molecule has 0 spiro atoms. The molecule has 0 bridgehead atoms. The fourth-order valence-corrected chi connectivity index (χ4v) is 3.22. The zero-order chi connectivity index (χ0) is 12.0. The Morgan fingerprint density at radius 3 is 2.65 bits per heavy atom. The van der Waals surface area contributed by atoms with Crippen LogP contribution in [-0.4, -0.2) is 25.4 Å². The van der Waals surface area contributed by atoms with E-state index in [9.17, 15) is 8.42 Å². The summed E-state index contributed by atoms with van der Waals surface area (Å²) in [5.41, 5.74) is 1.20. The van der Waals surface area contributed by atoms with E-state index < -0.39 is 10.0 Å². The molecule has 5 nitrogen and oxygen atoms in total. The van der Waals surface area contributed by atoms with Gasteiger partial charge in [0.15, 0.2) is 5.82 Å². The lowest BCUT2D eigenvalue weighted by atomic mass is 10.1. The van der Waals surface area contributed by atoms with Crippen LogP contribution in [-0.2, 0) is 10.0 Å². The predicted molar refractivity (Wildman–Crippen MR) is 63.1 cm³/mol. The van der Waals surface area contributed by atoms with E-state index in [4.69, 9.17) is 0 Å². The van der Waals surface area contributed by atoms with Gasteiger partial charge in [0, 0.05) is 25.0 Å². The number of pyridine rings is 2. The molecule has 0 N–H and O–H groups in total. The number of hydrogen-bond acceptors (Lipinski definition) is 4. The van der Waals surface area contributed by atoms with Crippen molar-refractivity contribution in [2.45, 2.75) is 4.90 Å². The molecule has 0 radical (unpaired) electrons. The first-order valence-electron chi connectivity index (χ1n) is 5.02. The van der Waals surface area contributed by atoms with Gasteiger partial charge in [0.25, 0.3) is 10.0 Å². The number of anilines is 1. The Morgan fingerprint density at radius 1 is 1.12 bits per heavy atom. The van der Waals surface area contributed by atoms with Crippen molar-refractivity contribution in [3.8, 4) is 11.3 Å². The van der Waals surface area contributed by atoms with E-state index >= 15 is 0 Å². The molecule has 0 unspecified atom stereocenters. The van der Waals surface area contributed by atoms with Crippen molar-refractivity contribution < 1.29 is 8.42 Å². The molecule has 0 atom stereocenters. The van der Waals surface area contributed by atoms with Gasteiger partial charge in [0.05, 0.1) is 5.69 Å². The molecule has 3 rings (SSSR count). The van der Waals surface area contributed by atoms with Crippen molar-refractivity contribution in [2.24, 2.45) is 0 Å². The Morgan fingerprint density at radius 2 is 1.82 bits per heavy atom. The van der Waals surface area contributed by atoms with E-state index in [1.54, 1.807) is 30.6 Å². The highest BCUT2D eigenvalue weighted by molar-refractivity contribution is 7.93. The standard InChI is InChI=1S/C11H9N3O2S/c1-14-11-8(4-2-7-13-11)10-9(17(14,15)16)5-3-6-12-10/h2-7H,1H3. The summed E-state index contributed by atoms with van der Waals surface area (Å²) >= 11 is 0. The van der Waals surface area contributed by atoms with E-state index in [0.717, 1.165) is 5.56 Å². The van der Waals surface area contributed by atoms with Crippen LogP contribution in [0.15, 0.2) is 41.6 Å². The number of rotatable bonds is 0. The molecule has 0 saturated carbocycles. The third-order valence-corrected chi connectivity index (χ3v) is 4.53. The van der Waals surface area contributed by atoms with Gasteiger partial charge in [-0.1, -0.05) is 0 Å². The van der Waals surface area contributed by atoms with Gasteiger partial charge >= 0.3 is 0 Å². The van der Waals surface area contributed by atoms with Crippen molar-refractivity contribution in [3.63, 3.8) is 0 Å². The van der Waals surface area contributed by atoms with E-state index in [-0.39, 0.29) is 4.90 Å². The maximum absolute atomic E-state index is 12.2. The van der Waals surface area contributed by atoms with Crippen LogP contribution in [0.4, 0.5) is 5.82 Å². The quantitative estimate of drug-likeness (QED) is 0.703. The van der Waals surface area contributed by atoms with Crippen LogP contribution in [0, 0.1) is 0 Å². The molecular formula is C11H9N3O2S. The van der Waals surface area contributed by atoms with Gasteiger partial charge in [0.1, 0.15) is 4.90 Å². The number of aromatic nitrogens is 2. The third-order valence-electron chi connectivity index (χ3n) is 2.75. The third kappa shape index (κ3) is 1.27. The van der Waals surface area contributed by atoms with Crippen molar-refractivity contribution >= 4 is 15.8 Å². The van der Waals surface area contributed by atoms with E-state index in [1.807, 2.05) is 6.07 Å². The summed E-state index contributed by atoms with van der Waals surface area (Å²) < 4.78 is 25.6. The van der Waals surface area contributed by atoms with Gasteiger partial charge in [-0.2, -0.15) is 0 Å². The van der Waals surface area contributed by atoms with Gasteiger partial charge in [-0.3, -0.25) is 9.29 Å². The van der Waals surface area contributed by atoms with E-state index in [1.165, 1.54) is 11.4 Å². The Bertz CT molecular complexity index is 697. The van der Waals surface area contributed by atoms with Gasteiger partial charge in [-0.05, 0) is 24.3 Å². The number of sulfonamides is 1. The van der Waals surface area contributed by atoms with Crippen molar-refractivity contribution in [3.05, 3.63) is 36.7 Å². The molecule has 0 fully saturated rings. The van der Waals surface area contributed by atoms with E-state index in [2.05, 4.69) is 9.97 Å². The van der Waals surface area contributed by atoms with Gasteiger partial charge in [-0.25, -0.2) is 13.4 Å². The summed E-state index contributed by atoms with van der Waals surface area (Å²) in [6, 6.07) is 6.76. The van der Waals surface area contributed by atoms with E-state index in [0.29, 0.717) is 11.5 Å². The van der Waals surface area contributed by atoms with Crippen LogP contribution in [0.5, 0.6) is 0 Å². The molecule has 0 aromatic carbocycles. The van der Waals surface area contributed by atoms with Crippen LogP contribution in [0.3, 0.4) is 0 Å². The Balaban J connectivity index is 2.46. The summed E-state index contributed by atoms with van der Waals surface area (Å²) in [5.74, 6) is 0.415. The summed E-state index contributed by atoms with van der Waals surface area (Å²) in [6.07, 6.45) is 3.15. The van der Waals surface area contributed by atoms with Crippen LogP contribution in [0.2, 0.25) is 0 Å². The summed E-state index contributed by atoms with van der Waals surface area (Å²) in [5, 5.41) is 0. The predicted octanol–water partition coefficient (Wildman–Crippen LogP) is 1.28. The average molecular weight is 247 g/mol. The van der Waals surface area contributed by atoms with Crippen LogP contribution < -0.4 is 4.31 Å². The lowest BCUT2D eigenvalue weighted by Gasteiger charge is -2.26. The van der Waals surface area contributed by atoms with Crippen LogP contribution in [0.25, 0.3) is 11.3 Å². The van der Waals surface area contributed by atoms with Gasteiger partial charge in [0.2, 0.25) is 0 Å². The average Bonchev–Trinajstić information content (AvgIpc) is 2.37. The maximum Gasteiger partial charge on any atom is 0.267 e. The summed E-state index contributed by atoms with van der Waals surface area (Å²) in [6.45, 7) is 0. The normalized spacial score (nSPS) is 16.2. The SMILES string of the molecule is CN1c2ncccc2-c2ncccc2S1(=O)=O. The van der Waals surface area contributed by atoms with Gasteiger partial charge in [-0.15, -0.1) is 0 Å². The highest BCUT2D eigenvalue weighted by Gasteiger charge is 2.33. The second-order valence-electron chi connectivity index (χ2n) is 3.70. The van der Waals surface area contributed by atoms with Crippen molar-refractivity contribution in [1.29, 1.82) is 0 Å². The first-order valence-corrected chi connectivity index (χ1v) is 6.46. The molecule has 0 saturated heterocycles. The fraction of sp³-hybridized carbons (Fsp3) is 0.0909. The zero-order valence-corrected chi connectivity index (χ0v) is 9.85. The van der Waals surface area contributed by atoms with Crippen molar-refractivity contribution in [2.75, 3.05) is 11.4 Å². The molecule has 6 heteroatoms. The minimum Gasteiger partial charge on any atom is -0.255 e. The second kappa shape index (κ2) is 3.27. The first-order chi connectivity index (χ1) is 8.12. The monoisotopic (exact) mass is 247 g/mol. The van der Waals surface area contributed by atoms with Crippen LogP contribution >= 0.6 is 0 Å². The minimum atomic E-state index is -3.53. The molecule has 1 aliphatic heterocycles. The smallest absolute Gasteiger partial charge is 0.255 e. The number of fused-ring (bicyclic) bond motifs is 3. The Hall–Kier alpha value is -1.95. The molecule has 3 heterocycles. The molecular weight excluding hydrogens is 238 g/mol. The Labute approximate surface area is 98.8 Å². The lowest BCUT2D eigenvalue weighted by molar-refractivity contribution is 0.593. The summed E-state index contributed by atoms with van der Waals surface area (Å²) in [7, 11) is -2.03.